The highest BCUT2D eigenvalue weighted by Gasteiger charge is 2.17. The molecule has 0 spiro atoms. The van der Waals surface area contributed by atoms with Crippen LogP contribution in [-0.4, -0.2) is 16.2 Å². The summed E-state index contributed by atoms with van der Waals surface area (Å²) in [7, 11) is 0. The van der Waals surface area contributed by atoms with Crippen molar-refractivity contribution in [2.24, 2.45) is 0 Å². The fraction of sp³-hybridized carbons (Fsp3) is 0. The zero-order valence-electron chi connectivity index (χ0n) is 9.45. The largest absolute Gasteiger partial charge is 0.432 e. The third-order valence-corrected chi connectivity index (χ3v) is 2.23. The molecule has 1 aromatic heterocycles. The Morgan fingerprint density at radius 1 is 1.32 bits per heavy atom. The van der Waals surface area contributed by atoms with Gasteiger partial charge in [-0.3, -0.25) is 14.9 Å². The van der Waals surface area contributed by atoms with Gasteiger partial charge in [0.15, 0.2) is 6.29 Å². The minimum atomic E-state index is -0.686. The number of hydrogen-bond donors (Lipinski definition) is 0. The highest BCUT2D eigenvalue weighted by atomic mass is 19.1. The Hall–Kier alpha value is -2.83. The molecule has 0 atom stereocenters. The molecule has 0 N–H and O–H groups in total. The summed E-state index contributed by atoms with van der Waals surface area (Å²) < 4.78 is 18.2. The molecule has 0 saturated heterocycles. The lowest BCUT2D eigenvalue weighted by molar-refractivity contribution is -0.385. The normalized spacial score (nSPS) is 9.95. The number of nitro benzene ring substituents is 1. The number of hydrogen-bond acceptors (Lipinski definition) is 5. The first-order valence-corrected chi connectivity index (χ1v) is 5.13. The quantitative estimate of drug-likeness (QED) is 0.480. The number of pyridine rings is 1. The van der Waals surface area contributed by atoms with Gasteiger partial charge in [0, 0.05) is 30.0 Å². The van der Waals surface area contributed by atoms with Crippen LogP contribution in [0.2, 0.25) is 0 Å². The molecule has 0 fully saturated rings. The van der Waals surface area contributed by atoms with Crippen LogP contribution in [0.4, 0.5) is 10.1 Å². The van der Waals surface area contributed by atoms with Gasteiger partial charge in [-0.05, 0) is 12.1 Å². The van der Waals surface area contributed by atoms with Crippen molar-refractivity contribution in [1.82, 2.24) is 4.98 Å². The molecule has 7 heteroatoms. The molecule has 0 bridgehead atoms. The van der Waals surface area contributed by atoms with E-state index in [4.69, 9.17) is 4.74 Å². The molecule has 2 rings (SSSR count). The number of aldehydes is 1. The van der Waals surface area contributed by atoms with Crippen molar-refractivity contribution in [3.8, 4) is 11.6 Å². The fourth-order valence-electron chi connectivity index (χ4n) is 1.36. The average molecular weight is 262 g/mol. The second-order valence-corrected chi connectivity index (χ2v) is 3.52. The number of rotatable bonds is 4. The number of benzene rings is 1. The topological polar surface area (TPSA) is 82.3 Å². The number of nitrogens with zero attached hydrogens (tertiary/aromatic N) is 2. The van der Waals surface area contributed by atoms with E-state index in [2.05, 4.69) is 4.98 Å². The van der Waals surface area contributed by atoms with E-state index in [0.717, 1.165) is 18.2 Å². The van der Waals surface area contributed by atoms with E-state index in [9.17, 15) is 19.3 Å². The van der Waals surface area contributed by atoms with Gasteiger partial charge in [0.05, 0.1) is 4.92 Å². The Morgan fingerprint density at radius 2 is 2.11 bits per heavy atom. The van der Waals surface area contributed by atoms with Gasteiger partial charge >= 0.3 is 5.69 Å². The summed E-state index contributed by atoms with van der Waals surface area (Å²) in [5.41, 5.74) is -0.0382. The van der Waals surface area contributed by atoms with Crippen LogP contribution in [0.3, 0.4) is 0 Å². The lowest BCUT2D eigenvalue weighted by Gasteiger charge is -2.05. The van der Waals surface area contributed by atoms with Crippen molar-refractivity contribution < 1.29 is 18.8 Å². The first-order valence-electron chi connectivity index (χ1n) is 5.13. The summed E-state index contributed by atoms with van der Waals surface area (Å²) in [6.07, 6.45) is 1.84. The minimum Gasteiger partial charge on any atom is -0.432 e. The maximum absolute atomic E-state index is 13.1. The van der Waals surface area contributed by atoms with Gasteiger partial charge in [0.2, 0.25) is 11.6 Å². The molecule has 19 heavy (non-hydrogen) atoms. The van der Waals surface area contributed by atoms with Crippen LogP contribution in [0.25, 0.3) is 0 Å². The molecule has 0 amide bonds. The van der Waals surface area contributed by atoms with E-state index in [1.807, 2.05) is 0 Å². The van der Waals surface area contributed by atoms with Gasteiger partial charge in [0.25, 0.3) is 0 Å². The van der Waals surface area contributed by atoms with Crippen molar-refractivity contribution in [3.05, 3.63) is 58.0 Å². The first-order chi connectivity index (χ1) is 9.10. The zero-order valence-corrected chi connectivity index (χ0v) is 9.45. The third kappa shape index (κ3) is 2.89. The van der Waals surface area contributed by atoms with Gasteiger partial charge < -0.3 is 4.74 Å². The molecule has 1 aromatic carbocycles. The van der Waals surface area contributed by atoms with Crippen LogP contribution >= 0.6 is 0 Å². The Balaban J connectivity index is 2.33. The van der Waals surface area contributed by atoms with Gasteiger partial charge in [-0.2, -0.15) is 0 Å². The number of carbonyl (C=O) groups is 1. The molecule has 0 aliphatic carbocycles. The van der Waals surface area contributed by atoms with Gasteiger partial charge in [0.1, 0.15) is 5.82 Å². The summed E-state index contributed by atoms with van der Waals surface area (Å²) >= 11 is 0. The van der Waals surface area contributed by atoms with Crippen molar-refractivity contribution in [3.63, 3.8) is 0 Å². The molecule has 2 aromatic rings. The predicted octanol–water partition coefficient (Wildman–Crippen LogP) is 2.73. The summed E-state index contributed by atoms with van der Waals surface area (Å²) in [5, 5.41) is 10.8. The molecule has 1 heterocycles. The fourth-order valence-corrected chi connectivity index (χ4v) is 1.36. The Bertz CT molecular complexity index is 628. The zero-order chi connectivity index (χ0) is 13.8. The maximum Gasteiger partial charge on any atom is 0.311 e. The average Bonchev–Trinajstić information content (AvgIpc) is 2.39. The van der Waals surface area contributed by atoms with Crippen LogP contribution in [0, 0.1) is 15.9 Å². The van der Waals surface area contributed by atoms with E-state index >= 15 is 0 Å². The first kappa shape index (κ1) is 12.6. The second kappa shape index (κ2) is 5.21. The summed E-state index contributed by atoms with van der Waals surface area (Å²) in [6.45, 7) is 0. The van der Waals surface area contributed by atoms with Crippen LogP contribution in [-0.2, 0) is 0 Å². The third-order valence-electron chi connectivity index (χ3n) is 2.23. The van der Waals surface area contributed by atoms with Crippen LogP contribution in [0.5, 0.6) is 11.6 Å². The van der Waals surface area contributed by atoms with E-state index in [1.165, 1.54) is 18.3 Å². The van der Waals surface area contributed by atoms with Gasteiger partial charge in [-0.25, -0.2) is 9.37 Å². The predicted molar refractivity (Wildman–Crippen MR) is 62.8 cm³/mol. The smallest absolute Gasteiger partial charge is 0.311 e. The van der Waals surface area contributed by atoms with Crippen molar-refractivity contribution in [1.29, 1.82) is 0 Å². The molecule has 0 saturated carbocycles. The Labute approximate surface area is 106 Å². The number of nitro groups is 1. The minimum absolute atomic E-state index is 0.0271. The van der Waals surface area contributed by atoms with Crippen molar-refractivity contribution in [2.75, 3.05) is 0 Å². The molecule has 0 unspecified atom stereocenters. The second-order valence-electron chi connectivity index (χ2n) is 3.52. The molecular weight excluding hydrogens is 255 g/mol. The number of carbonyl (C=O) groups excluding carboxylic acids is 1. The van der Waals surface area contributed by atoms with Crippen LogP contribution in [0.15, 0.2) is 36.5 Å². The van der Waals surface area contributed by atoms with Crippen LogP contribution in [0.1, 0.15) is 10.4 Å². The Kier molecular flexibility index (Phi) is 3.46. The SMILES string of the molecule is O=Cc1ccc(Oc2cc(F)ccc2[N+](=O)[O-])nc1. The molecule has 0 aliphatic rings. The van der Waals surface area contributed by atoms with Gasteiger partial charge in [-0.15, -0.1) is 0 Å². The Morgan fingerprint density at radius 3 is 2.68 bits per heavy atom. The molecule has 96 valence electrons. The van der Waals surface area contributed by atoms with E-state index in [1.54, 1.807) is 0 Å². The highest BCUT2D eigenvalue weighted by molar-refractivity contribution is 5.74. The monoisotopic (exact) mass is 262 g/mol. The highest BCUT2D eigenvalue weighted by Crippen LogP contribution is 2.30. The summed E-state index contributed by atoms with van der Waals surface area (Å²) in [4.78, 5) is 24.3. The van der Waals surface area contributed by atoms with Crippen molar-refractivity contribution in [2.45, 2.75) is 0 Å². The number of halogens is 1. The van der Waals surface area contributed by atoms with Crippen molar-refractivity contribution >= 4 is 12.0 Å². The standard InChI is InChI=1S/C12H7FN2O4/c13-9-2-3-10(15(17)18)11(5-9)19-12-4-1-8(7-16)6-14-12/h1-7H. The maximum atomic E-state index is 13.1. The molecule has 0 radical (unpaired) electrons. The van der Waals surface area contributed by atoms with E-state index < -0.39 is 10.7 Å². The lowest BCUT2D eigenvalue weighted by Crippen LogP contribution is -1.95. The molecule has 6 nitrogen and oxygen atoms in total. The van der Waals surface area contributed by atoms with E-state index in [-0.39, 0.29) is 17.3 Å². The lowest BCUT2D eigenvalue weighted by atomic mass is 10.3. The van der Waals surface area contributed by atoms with E-state index in [0.29, 0.717) is 11.8 Å². The number of aromatic nitrogens is 1. The summed E-state index contributed by atoms with van der Waals surface area (Å²) in [6, 6.07) is 5.66. The van der Waals surface area contributed by atoms with Crippen LogP contribution < -0.4 is 4.74 Å². The molecular formula is C12H7FN2O4. The number of ether oxygens (including phenoxy) is 1. The summed E-state index contributed by atoms with van der Waals surface area (Å²) in [5.74, 6) is -0.888. The molecule has 0 aliphatic heterocycles. The van der Waals surface area contributed by atoms with Gasteiger partial charge in [-0.1, -0.05) is 0 Å².